The second-order valence-corrected chi connectivity index (χ2v) is 7.17. The maximum absolute atomic E-state index is 12.8. The van der Waals surface area contributed by atoms with E-state index in [-0.39, 0.29) is 22.9 Å². The number of amides is 4. The van der Waals surface area contributed by atoms with Gasteiger partial charge in [0.25, 0.3) is 11.8 Å². The number of hydrazine groups is 1. The van der Waals surface area contributed by atoms with Gasteiger partial charge in [-0.1, -0.05) is 0 Å². The van der Waals surface area contributed by atoms with E-state index in [9.17, 15) is 19.2 Å². The molecule has 0 saturated heterocycles. The topological polar surface area (TPSA) is 144 Å². The number of ether oxygens (including phenoxy) is 3. The van der Waals surface area contributed by atoms with E-state index in [0.717, 1.165) is 0 Å². The summed E-state index contributed by atoms with van der Waals surface area (Å²) in [6.45, 7) is 9.10. The lowest BCUT2D eigenvalue weighted by Gasteiger charge is -2.17. The third kappa shape index (κ3) is 7.91. The lowest BCUT2D eigenvalue weighted by Crippen LogP contribution is -2.41. The molecule has 2 aromatic carbocycles. The van der Waals surface area contributed by atoms with Crippen LogP contribution in [0.3, 0.4) is 0 Å². The zero-order valence-electron chi connectivity index (χ0n) is 20.4. The van der Waals surface area contributed by atoms with Crippen LogP contribution in [0.25, 0.3) is 0 Å². The zero-order chi connectivity index (χ0) is 26.0. The molecule has 0 aliphatic heterocycles. The summed E-state index contributed by atoms with van der Waals surface area (Å²) in [6.07, 6.45) is 0. The van der Waals surface area contributed by atoms with Crippen LogP contribution < -0.4 is 35.7 Å². The van der Waals surface area contributed by atoms with Crippen molar-refractivity contribution < 1.29 is 33.4 Å². The first kappa shape index (κ1) is 27.0. The van der Waals surface area contributed by atoms with Gasteiger partial charge in [0, 0.05) is 36.3 Å². The Hall–Kier alpha value is -4.28. The zero-order valence-corrected chi connectivity index (χ0v) is 20.4. The highest BCUT2D eigenvalue weighted by Crippen LogP contribution is 2.39. The van der Waals surface area contributed by atoms with Crippen LogP contribution in [0.2, 0.25) is 0 Å². The third-order valence-electron chi connectivity index (χ3n) is 4.30. The van der Waals surface area contributed by atoms with Crippen LogP contribution in [0.4, 0.5) is 11.4 Å². The van der Waals surface area contributed by atoms with E-state index < -0.39 is 11.8 Å². The molecule has 2 aromatic rings. The molecule has 188 valence electrons. The standard InChI is InChI=1S/C24H30N4O7/c1-6-33-20-11-17(12-21(34-7-2)22(20)35-8-3)24(32)28-27-23(31)16-9-18(25-14(4)29)13-19(10-16)26-15(5)30/h9-13H,6-8H2,1-5H3,(H,25,29)(H,26,30)(H,27,31)(H,28,32). The van der Waals surface area contributed by atoms with E-state index in [1.54, 1.807) is 13.8 Å². The summed E-state index contributed by atoms with van der Waals surface area (Å²) in [5.74, 6) is -0.941. The summed E-state index contributed by atoms with van der Waals surface area (Å²) in [4.78, 5) is 48.4. The normalized spacial score (nSPS) is 10.1. The fourth-order valence-electron chi connectivity index (χ4n) is 3.09. The molecular weight excluding hydrogens is 456 g/mol. The van der Waals surface area contributed by atoms with E-state index in [0.29, 0.717) is 48.4 Å². The van der Waals surface area contributed by atoms with Crippen LogP contribution in [0, 0.1) is 0 Å². The number of hydrogen-bond acceptors (Lipinski definition) is 7. The highest BCUT2D eigenvalue weighted by atomic mass is 16.5. The first-order valence-electron chi connectivity index (χ1n) is 11.1. The number of carbonyl (C=O) groups is 4. The molecule has 0 atom stereocenters. The summed E-state index contributed by atoms with van der Waals surface area (Å²) in [7, 11) is 0. The predicted molar refractivity (Wildman–Crippen MR) is 130 cm³/mol. The van der Waals surface area contributed by atoms with Gasteiger partial charge in [0.15, 0.2) is 11.5 Å². The van der Waals surface area contributed by atoms with Gasteiger partial charge in [-0.05, 0) is 51.1 Å². The molecule has 11 nitrogen and oxygen atoms in total. The number of rotatable bonds is 10. The van der Waals surface area contributed by atoms with E-state index in [1.807, 2.05) is 6.92 Å². The molecule has 0 heterocycles. The van der Waals surface area contributed by atoms with E-state index in [4.69, 9.17) is 14.2 Å². The van der Waals surface area contributed by atoms with Crippen molar-refractivity contribution in [2.75, 3.05) is 30.5 Å². The SMILES string of the molecule is CCOc1cc(C(=O)NNC(=O)c2cc(NC(C)=O)cc(NC(C)=O)c2)cc(OCC)c1OCC. The van der Waals surface area contributed by atoms with Crippen LogP contribution in [-0.2, 0) is 9.59 Å². The first-order valence-corrected chi connectivity index (χ1v) is 11.1. The Morgan fingerprint density at radius 3 is 1.40 bits per heavy atom. The van der Waals surface area contributed by atoms with Crippen LogP contribution in [0.5, 0.6) is 17.2 Å². The number of nitrogens with one attached hydrogen (secondary N) is 4. The molecule has 0 aliphatic rings. The van der Waals surface area contributed by atoms with Gasteiger partial charge in [-0.25, -0.2) is 0 Å². The predicted octanol–water partition coefficient (Wildman–Crippen LogP) is 2.87. The average molecular weight is 487 g/mol. The van der Waals surface area contributed by atoms with Gasteiger partial charge in [-0.2, -0.15) is 0 Å². The number of carbonyl (C=O) groups excluding carboxylic acids is 4. The van der Waals surface area contributed by atoms with Crippen LogP contribution in [-0.4, -0.2) is 43.4 Å². The fraction of sp³-hybridized carbons (Fsp3) is 0.333. The van der Waals surface area contributed by atoms with Gasteiger partial charge in [0.05, 0.1) is 19.8 Å². The lowest BCUT2D eigenvalue weighted by molar-refractivity contribution is -0.115. The molecule has 0 spiro atoms. The summed E-state index contributed by atoms with van der Waals surface area (Å²) in [6, 6.07) is 7.30. The second kappa shape index (κ2) is 12.8. The van der Waals surface area contributed by atoms with Crippen molar-refractivity contribution in [1.82, 2.24) is 10.9 Å². The first-order chi connectivity index (χ1) is 16.7. The third-order valence-corrected chi connectivity index (χ3v) is 4.30. The number of hydrogen-bond donors (Lipinski definition) is 4. The maximum Gasteiger partial charge on any atom is 0.269 e. The molecule has 35 heavy (non-hydrogen) atoms. The van der Waals surface area contributed by atoms with Crippen molar-refractivity contribution in [3.05, 3.63) is 41.5 Å². The monoisotopic (exact) mass is 486 g/mol. The van der Waals surface area contributed by atoms with Crippen molar-refractivity contribution in [3.63, 3.8) is 0 Å². The highest BCUT2D eigenvalue weighted by molar-refractivity contribution is 6.02. The van der Waals surface area contributed by atoms with Crippen molar-refractivity contribution in [1.29, 1.82) is 0 Å². The second-order valence-electron chi connectivity index (χ2n) is 7.17. The minimum absolute atomic E-state index is 0.0944. The molecule has 0 radical (unpaired) electrons. The molecule has 4 amide bonds. The molecular formula is C24H30N4O7. The van der Waals surface area contributed by atoms with Crippen LogP contribution in [0.1, 0.15) is 55.3 Å². The number of anilines is 2. The summed E-state index contributed by atoms with van der Waals surface area (Å²) >= 11 is 0. The minimum Gasteiger partial charge on any atom is -0.490 e. The largest absolute Gasteiger partial charge is 0.490 e. The van der Waals surface area contributed by atoms with E-state index in [1.165, 1.54) is 44.2 Å². The lowest BCUT2D eigenvalue weighted by atomic mass is 10.1. The Morgan fingerprint density at radius 1 is 0.629 bits per heavy atom. The van der Waals surface area contributed by atoms with Gasteiger partial charge in [0.1, 0.15) is 0 Å². The Kier molecular flexibility index (Phi) is 9.88. The summed E-state index contributed by atoms with van der Waals surface area (Å²) in [5.41, 5.74) is 5.53. The highest BCUT2D eigenvalue weighted by Gasteiger charge is 2.19. The van der Waals surface area contributed by atoms with Crippen molar-refractivity contribution in [3.8, 4) is 17.2 Å². The van der Waals surface area contributed by atoms with Crippen molar-refractivity contribution >= 4 is 35.0 Å². The molecule has 0 fully saturated rings. The molecule has 0 unspecified atom stereocenters. The van der Waals surface area contributed by atoms with Crippen LogP contribution in [0.15, 0.2) is 30.3 Å². The molecule has 0 bridgehead atoms. The van der Waals surface area contributed by atoms with Gasteiger partial charge < -0.3 is 24.8 Å². The van der Waals surface area contributed by atoms with Gasteiger partial charge in [-0.3, -0.25) is 30.0 Å². The van der Waals surface area contributed by atoms with Crippen LogP contribution >= 0.6 is 0 Å². The fourth-order valence-corrected chi connectivity index (χ4v) is 3.09. The molecule has 0 saturated carbocycles. The van der Waals surface area contributed by atoms with Crippen molar-refractivity contribution in [2.45, 2.75) is 34.6 Å². The molecule has 2 rings (SSSR count). The average Bonchev–Trinajstić information content (AvgIpc) is 2.78. The molecule has 4 N–H and O–H groups in total. The molecule has 0 aliphatic carbocycles. The minimum atomic E-state index is -0.668. The molecule has 0 aromatic heterocycles. The van der Waals surface area contributed by atoms with Gasteiger partial charge >= 0.3 is 0 Å². The maximum atomic E-state index is 12.8. The Balaban J connectivity index is 2.26. The van der Waals surface area contributed by atoms with Gasteiger partial charge in [-0.15, -0.1) is 0 Å². The Bertz CT molecular complexity index is 1040. The smallest absolute Gasteiger partial charge is 0.269 e. The summed E-state index contributed by atoms with van der Waals surface area (Å²) < 4.78 is 16.9. The Labute approximate surface area is 203 Å². The van der Waals surface area contributed by atoms with E-state index >= 15 is 0 Å². The van der Waals surface area contributed by atoms with Crippen molar-refractivity contribution in [2.24, 2.45) is 0 Å². The Morgan fingerprint density at radius 2 is 1.03 bits per heavy atom. The van der Waals surface area contributed by atoms with E-state index in [2.05, 4.69) is 21.5 Å². The summed E-state index contributed by atoms with van der Waals surface area (Å²) in [5, 5.41) is 5.12. The molecule has 11 heteroatoms. The quantitative estimate of drug-likeness (QED) is 0.378. The van der Waals surface area contributed by atoms with Gasteiger partial charge in [0.2, 0.25) is 17.6 Å². The number of benzene rings is 2.